The largest absolute Gasteiger partial charge is 0.269 e. The molecule has 1 aromatic carbocycles. The molecule has 1 heterocycles. The van der Waals surface area contributed by atoms with Crippen molar-refractivity contribution in [2.45, 2.75) is 18.2 Å². The third-order valence-corrected chi connectivity index (χ3v) is 4.58. The molecule has 0 amide bonds. The molecule has 0 atom stereocenters. The molecular formula is C11H9Cl2N3O4S. The maximum Gasteiger partial charge on any atom is 0.269 e. The molecule has 1 aromatic heterocycles. The fourth-order valence-electron chi connectivity index (χ4n) is 1.78. The Labute approximate surface area is 129 Å². The van der Waals surface area contributed by atoms with E-state index >= 15 is 0 Å². The van der Waals surface area contributed by atoms with Crippen molar-refractivity contribution in [3.05, 3.63) is 45.2 Å². The van der Waals surface area contributed by atoms with Gasteiger partial charge in [-0.3, -0.25) is 10.1 Å². The van der Waals surface area contributed by atoms with Crippen LogP contribution in [0.15, 0.2) is 29.2 Å². The molecule has 0 spiro atoms. The van der Waals surface area contributed by atoms with Crippen molar-refractivity contribution in [3.63, 3.8) is 0 Å². The lowest BCUT2D eigenvalue weighted by Gasteiger charge is -2.02. The van der Waals surface area contributed by atoms with Gasteiger partial charge in [-0.1, -0.05) is 18.5 Å². The van der Waals surface area contributed by atoms with E-state index < -0.39 is 14.0 Å². The van der Waals surface area contributed by atoms with Crippen molar-refractivity contribution >= 4 is 37.0 Å². The van der Waals surface area contributed by atoms with E-state index in [4.69, 9.17) is 22.3 Å². The molecule has 0 fully saturated rings. The van der Waals surface area contributed by atoms with Crippen LogP contribution in [0.3, 0.4) is 0 Å². The summed E-state index contributed by atoms with van der Waals surface area (Å²) in [6.07, 6.45) is 0.320. The average molecular weight is 350 g/mol. The lowest BCUT2D eigenvalue weighted by Crippen LogP contribution is -1.98. The van der Waals surface area contributed by atoms with Crippen LogP contribution in [0, 0.1) is 10.1 Å². The number of halogens is 2. The van der Waals surface area contributed by atoms with Crippen molar-refractivity contribution in [2.75, 3.05) is 0 Å². The summed E-state index contributed by atoms with van der Waals surface area (Å²) < 4.78 is 24.3. The van der Waals surface area contributed by atoms with Crippen LogP contribution in [-0.2, 0) is 15.5 Å². The summed E-state index contributed by atoms with van der Waals surface area (Å²) in [5.74, 6) is 0. The van der Waals surface area contributed by atoms with Gasteiger partial charge in [0, 0.05) is 22.8 Å². The zero-order valence-corrected chi connectivity index (χ0v) is 13.0. The molecular weight excluding hydrogens is 341 g/mol. The zero-order valence-electron chi connectivity index (χ0n) is 10.7. The summed E-state index contributed by atoms with van der Waals surface area (Å²) in [5, 5.41) is 14.5. The van der Waals surface area contributed by atoms with E-state index in [1.54, 1.807) is 6.92 Å². The number of nitro groups is 1. The van der Waals surface area contributed by atoms with E-state index in [0.717, 1.165) is 0 Å². The summed E-state index contributed by atoms with van der Waals surface area (Å²) in [6, 6.07) is 5.38. The Hall–Kier alpha value is -1.64. The van der Waals surface area contributed by atoms with Crippen LogP contribution in [0.5, 0.6) is 0 Å². The van der Waals surface area contributed by atoms with Crippen LogP contribution >= 0.6 is 22.3 Å². The standard InChI is InChI=1S/C11H9Cl2N3O4S/c1-2-9-10(21(13,19)20)11(12)15(14-9)7-3-5-8(6-4-7)16(17)18/h3-6H,2H2,1H3. The molecule has 0 saturated carbocycles. The summed E-state index contributed by atoms with van der Waals surface area (Å²) in [7, 11) is 1.32. The summed E-state index contributed by atoms with van der Waals surface area (Å²) in [5.41, 5.74) is 0.531. The Morgan fingerprint density at radius 2 is 1.90 bits per heavy atom. The van der Waals surface area contributed by atoms with Gasteiger partial charge >= 0.3 is 0 Å². The zero-order chi connectivity index (χ0) is 15.8. The fourth-order valence-corrected chi connectivity index (χ4v) is 3.69. The SMILES string of the molecule is CCc1nn(-c2ccc([N+](=O)[O-])cc2)c(Cl)c1S(=O)(=O)Cl. The lowest BCUT2D eigenvalue weighted by atomic mass is 10.3. The number of aromatic nitrogens is 2. The second kappa shape index (κ2) is 5.63. The molecule has 112 valence electrons. The Kier molecular flexibility index (Phi) is 4.22. The maximum atomic E-state index is 11.6. The third-order valence-electron chi connectivity index (χ3n) is 2.74. The quantitative estimate of drug-likeness (QED) is 0.480. The number of nitro benzene ring substituents is 1. The fraction of sp³-hybridized carbons (Fsp3) is 0.182. The van der Waals surface area contributed by atoms with Crippen LogP contribution in [-0.4, -0.2) is 23.1 Å². The van der Waals surface area contributed by atoms with Crippen molar-refractivity contribution in [2.24, 2.45) is 0 Å². The third kappa shape index (κ3) is 3.02. The number of rotatable bonds is 4. The average Bonchev–Trinajstić information content (AvgIpc) is 2.75. The van der Waals surface area contributed by atoms with Crippen molar-refractivity contribution < 1.29 is 13.3 Å². The number of aryl methyl sites for hydroxylation is 1. The van der Waals surface area contributed by atoms with Gasteiger partial charge in [0.25, 0.3) is 14.7 Å². The second-order valence-electron chi connectivity index (χ2n) is 4.04. The normalized spacial score (nSPS) is 11.6. The monoisotopic (exact) mass is 349 g/mol. The maximum absolute atomic E-state index is 11.6. The highest BCUT2D eigenvalue weighted by molar-refractivity contribution is 8.13. The number of hydrogen-bond donors (Lipinski definition) is 0. The number of hydrogen-bond acceptors (Lipinski definition) is 5. The van der Waals surface area contributed by atoms with E-state index in [1.165, 1.54) is 28.9 Å². The van der Waals surface area contributed by atoms with E-state index in [0.29, 0.717) is 12.1 Å². The molecule has 0 bridgehead atoms. The highest BCUT2D eigenvalue weighted by atomic mass is 35.7. The molecule has 0 N–H and O–H groups in total. The predicted molar refractivity (Wildman–Crippen MR) is 77.6 cm³/mol. The number of benzene rings is 1. The van der Waals surface area contributed by atoms with Gasteiger partial charge in [0.05, 0.1) is 16.3 Å². The molecule has 10 heteroatoms. The van der Waals surface area contributed by atoms with Crippen molar-refractivity contribution in [1.29, 1.82) is 0 Å². The summed E-state index contributed by atoms with van der Waals surface area (Å²) in [4.78, 5) is 9.83. The topological polar surface area (TPSA) is 95.1 Å². The minimum atomic E-state index is -4.04. The van der Waals surface area contributed by atoms with Crippen LogP contribution in [0.25, 0.3) is 5.69 Å². The molecule has 0 unspecified atom stereocenters. The van der Waals surface area contributed by atoms with Gasteiger partial charge < -0.3 is 0 Å². The second-order valence-corrected chi connectivity index (χ2v) is 6.90. The molecule has 0 radical (unpaired) electrons. The van der Waals surface area contributed by atoms with E-state index in [1.807, 2.05) is 0 Å². The van der Waals surface area contributed by atoms with Crippen molar-refractivity contribution in [1.82, 2.24) is 9.78 Å². The molecule has 2 rings (SSSR count). The van der Waals surface area contributed by atoms with E-state index in [9.17, 15) is 18.5 Å². The van der Waals surface area contributed by atoms with E-state index in [2.05, 4.69) is 5.10 Å². The first-order valence-electron chi connectivity index (χ1n) is 5.72. The van der Waals surface area contributed by atoms with Gasteiger partial charge in [0.15, 0.2) is 5.15 Å². The smallest absolute Gasteiger partial charge is 0.258 e. The van der Waals surface area contributed by atoms with Crippen LogP contribution in [0.2, 0.25) is 5.15 Å². The Morgan fingerprint density at radius 1 is 1.33 bits per heavy atom. The highest BCUT2D eigenvalue weighted by Gasteiger charge is 2.26. The summed E-state index contributed by atoms with van der Waals surface area (Å²) >= 11 is 6.03. The Morgan fingerprint density at radius 3 is 2.29 bits per heavy atom. The summed E-state index contributed by atoms with van der Waals surface area (Å²) in [6.45, 7) is 1.71. The van der Waals surface area contributed by atoms with E-state index in [-0.39, 0.29) is 21.4 Å². The molecule has 0 aliphatic rings. The Bertz CT molecular complexity index is 800. The minimum Gasteiger partial charge on any atom is -0.258 e. The van der Waals surface area contributed by atoms with Gasteiger partial charge in [-0.2, -0.15) is 5.10 Å². The van der Waals surface area contributed by atoms with Crippen molar-refractivity contribution in [3.8, 4) is 5.69 Å². The highest BCUT2D eigenvalue weighted by Crippen LogP contribution is 2.31. The molecule has 0 saturated heterocycles. The molecule has 2 aromatic rings. The molecule has 21 heavy (non-hydrogen) atoms. The first kappa shape index (κ1) is 15.7. The van der Waals surface area contributed by atoms with Gasteiger partial charge in [-0.05, 0) is 18.6 Å². The van der Waals surface area contributed by atoms with Crippen LogP contribution in [0.1, 0.15) is 12.6 Å². The molecule has 7 nitrogen and oxygen atoms in total. The first-order chi connectivity index (χ1) is 9.75. The molecule has 0 aliphatic carbocycles. The Balaban J connectivity index is 2.60. The lowest BCUT2D eigenvalue weighted by molar-refractivity contribution is -0.384. The first-order valence-corrected chi connectivity index (χ1v) is 8.41. The molecule has 0 aliphatic heterocycles. The van der Waals surface area contributed by atoms with Crippen LogP contribution < -0.4 is 0 Å². The number of non-ortho nitro benzene ring substituents is 1. The van der Waals surface area contributed by atoms with Gasteiger partial charge in [0.1, 0.15) is 4.90 Å². The minimum absolute atomic E-state index is 0.0945. The van der Waals surface area contributed by atoms with Gasteiger partial charge in [-0.15, -0.1) is 0 Å². The number of nitrogens with zero attached hydrogens (tertiary/aromatic N) is 3. The predicted octanol–water partition coefficient (Wildman–Crippen LogP) is 2.92. The van der Waals surface area contributed by atoms with Gasteiger partial charge in [0.2, 0.25) is 0 Å². The van der Waals surface area contributed by atoms with Gasteiger partial charge in [-0.25, -0.2) is 13.1 Å². The van der Waals surface area contributed by atoms with Crippen LogP contribution in [0.4, 0.5) is 5.69 Å².